The first kappa shape index (κ1) is 11.2. The number of hydrogen-bond acceptors (Lipinski definition) is 2. The van der Waals surface area contributed by atoms with Gasteiger partial charge in [-0.3, -0.25) is 0 Å². The third kappa shape index (κ3) is 2.87. The van der Waals surface area contributed by atoms with Crippen LogP contribution < -0.4 is 16.0 Å². The number of halogens is 1. The minimum atomic E-state index is -0.207. The molecule has 5 heteroatoms. The molecule has 1 unspecified atom stereocenters. The minimum Gasteiger partial charge on any atom is -0.334 e. The lowest BCUT2D eigenvalue weighted by Gasteiger charge is -2.13. The molecule has 1 fully saturated rings. The zero-order valence-corrected chi connectivity index (χ0v) is 9.55. The summed E-state index contributed by atoms with van der Waals surface area (Å²) in [5.41, 5.74) is 0.632. The Labute approximate surface area is 99.4 Å². The van der Waals surface area contributed by atoms with Crippen molar-refractivity contribution in [1.82, 2.24) is 10.6 Å². The van der Waals surface area contributed by atoms with Crippen LogP contribution in [-0.2, 0) is 0 Å². The molecule has 1 atom stereocenters. The van der Waals surface area contributed by atoms with E-state index in [0.717, 1.165) is 19.5 Å². The van der Waals surface area contributed by atoms with Crippen molar-refractivity contribution in [2.75, 3.05) is 18.4 Å². The number of carbonyl (C=O) groups is 1. The molecule has 16 heavy (non-hydrogen) atoms. The Balaban J connectivity index is 1.89. The van der Waals surface area contributed by atoms with E-state index in [-0.39, 0.29) is 12.1 Å². The lowest BCUT2D eigenvalue weighted by Crippen LogP contribution is -2.39. The molecule has 1 aliphatic rings. The second-order valence-corrected chi connectivity index (χ2v) is 4.18. The summed E-state index contributed by atoms with van der Waals surface area (Å²) in [5, 5.41) is 9.34. The van der Waals surface area contributed by atoms with Gasteiger partial charge in [-0.25, -0.2) is 4.79 Å². The van der Waals surface area contributed by atoms with Gasteiger partial charge < -0.3 is 16.0 Å². The van der Waals surface area contributed by atoms with Crippen LogP contribution >= 0.6 is 11.6 Å². The second kappa shape index (κ2) is 5.18. The predicted octanol–water partition coefficient (Wildman–Crippen LogP) is 1.82. The van der Waals surface area contributed by atoms with Crippen LogP contribution in [0.15, 0.2) is 24.3 Å². The Hall–Kier alpha value is -1.26. The quantitative estimate of drug-likeness (QED) is 0.738. The molecule has 86 valence electrons. The summed E-state index contributed by atoms with van der Waals surface area (Å²) in [5.74, 6) is 0. The molecular weight excluding hydrogens is 226 g/mol. The van der Waals surface area contributed by atoms with Crippen molar-refractivity contribution in [2.45, 2.75) is 12.5 Å². The molecule has 1 saturated heterocycles. The lowest BCUT2D eigenvalue weighted by atomic mass is 10.3. The van der Waals surface area contributed by atoms with Gasteiger partial charge in [-0.15, -0.1) is 0 Å². The van der Waals surface area contributed by atoms with Crippen molar-refractivity contribution in [3.05, 3.63) is 29.3 Å². The summed E-state index contributed by atoms with van der Waals surface area (Å²) in [4.78, 5) is 11.6. The van der Waals surface area contributed by atoms with Gasteiger partial charge in [-0.1, -0.05) is 23.7 Å². The predicted molar refractivity (Wildman–Crippen MR) is 64.9 cm³/mol. The molecule has 0 spiro atoms. The Kier molecular flexibility index (Phi) is 3.64. The van der Waals surface area contributed by atoms with E-state index in [1.807, 2.05) is 12.1 Å². The third-order valence-corrected chi connectivity index (χ3v) is 2.85. The highest BCUT2D eigenvalue weighted by Crippen LogP contribution is 2.20. The Morgan fingerprint density at radius 1 is 1.44 bits per heavy atom. The Bertz CT molecular complexity index is 377. The third-order valence-electron chi connectivity index (χ3n) is 2.52. The van der Waals surface area contributed by atoms with Crippen LogP contribution in [0.2, 0.25) is 5.02 Å². The van der Waals surface area contributed by atoms with E-state index in [9.17, 15) is 4.79 Å². The van der Waals surface area contributed by atoms with E-state index in [0.29, 0.717) is 10.7 Å². The molecule has 0 aliphatic carbocycles. The molecule has 1 aliphatic heterocycles. The molecule has 1 aromatic rings. The number of benzene rings is 1. The first-order valence-electron chi connectivity index (χ1n) is 5.28. The normalized spacial score (nSPS) is 19.4. The molecule has 1 aromatic carbocycles. The number of urea groups is 1. The van der Waals surface area contributed by atoms with Gasteiger partial charge in [-0.05, 0) is 25.1 Å². The summed E-state index contributed by atoms with van der Waals surface area (Å²) in [6.07, 6.45) is 0.968. The van der Waals surface area contributed by atoms with E-state index >= 15 is 0 Å². The summed E-state index contributed by atoms with van der Waals surface area (Å²) >= 11 is 5.93. The number of amides is 2. The maximum atomic E-state index is 11.6. The highest BCUT2D eigenvalue weighted by Gasteiger charge is 2.16. The Morgan fingerprint density at radius 3 is 2.94 bits per heavy atom. The van der Waals surface area contributed by atoms with Crippen LogP contribution in [0, 0.1) is 0 Å². The molecule has 2 amide bonds. The number of carbonyl (C=O) groups excluding carboxylic acids is 1. The van der Waals surface area contributed by atoms with Crippen LogP contribution in [0.1, 0.15) is 6.42 Å². The van der Waals surface area contributed by atoms with Gasteiger partial charge in [0.15, 0.2) is 0 Å². The fourth-order valence-electron chi connectivity index (χ4n) is 1.68. The van der Waals surface area contributed by atoms with E-state index in [1.54, 1.807) is 12.1 Å². The summed E-state index contributed by atoms with van der Waals surface area (Å²) < 4.78 is 0. The van der Waals surface area contributed by atoms with Gasteiger partial charge in [0.25, 0.3) is 0 Å². The zero-order chi connectivity index (χ0) is 11.4. The first-order chi connectivity index (χ1) is 7.75. The number of nitrogens with one attached hydrogen (secondary N) is 3. The van der Waals surface area contributed by atoms with Crippen LogP contribution in [0.25, 0.3) is 0 Å². The highest BCUT2D eigenvalue weighted by atomic mass is 35.5. The van der Waals surface area contributed by atoms with Crippen LogP contribution in [0.5, 0.6) is 0 Å². The molecule has 0 radical (unpaired) electrons. The molecule has 0 saturated carbocycles. The van der Waals surface area contributed by atoms with Crippen LogP contribution in [0.4, 0.5) is 10.5 Å². The molecule has 3 N–H and O–H groups in total. The van der Waals surface area contributed by atoms with Crippen molar-refractivity contribution < 1.29 is 4.79 Å². The molecule has 1 heterocycles. The van der Waals surface area contributed by atoms with Gasteiger partial charge in [0.05, 0.1) is 10.7 Å². The standard InChI is InChI=1S/C11H14ClN3O/c12-9-3-1-2-4-10(9)15-11(16)14-8-5-6-13-7-8/h1-4,8,13H,5-7H2,(H2,14,15,16). The summed E-state index contributed by atoms with van der Waals surface area (Å²) in [6, 6.07) is 7.18. The summed E-state index contributed by atoms with van der Waals surface area (Å²) in [6.45, 7) is 1.78. The Morgan fingerprint density at radius 2 is 2.25 bits per heavy atom. The summed E-state index contributed by atoms with van der Waals surface area (Å²) in [7, 11) is 0. The fourth-order valence-corrected chi connectivity index (χ4v) is 1.87. The number of anilines is 1. The molecule has 4 nitrogen and oxygen atoms in total. The van der Waals surface area contributed by atoms with Crippen molar-refractivity contribution in [1.29, 1.82) is 0 Å². The van der Waals surface area contributed by atoms with E-state index in [1.165, 1.54) is 0 Å². The zero-order valence-electron chi connectivity index (χ0n) is 8.79. The smallest absolute Gasteiger partial charge is 0.319 e. The highest BCUT2D eigenvalue weighted by molar-refractivity contribution is 6.33. The van der Waals surface area contributed by atoms with Crippen molar-refractivity contribution in [3.63, 3.8) is 0 Å². The van der Waals surface area contributed by atoms with Crippen molar-refractivity contribution in [2.24, 2.45) is 0 Å². The fraction of sp³-hybridized carbons (Fsp3) is 0.364. The monoisotopic (exact) mass is 239 g/mol. The number of rotatable bonds is 2. The van der Waals surface area contributed by atoms with E-state index in [2.05, 4.69) is 16.0 Å². The SMILES string of the molecule is O=C(Nc1ccccc1Cl)NC1CCNC1. The maximum absolute atomic E-state index is 11.6. The number of hydrogen-bond donors (Lipinski definition) is 3. The molecule has 2 rings (SSSR count). The first-order valence-corrected chi connectivity index (χ1v) is 5.66. The van der Waals surface area contributed by atoms with E-state index < -0.39 is 0 Å². The van der Waals surface area contributed by atoms with E-state index in [4.69, 9.17) is 11.6 Å². The van der Waals surface area contributed by atoms with Gasteiger partial charge in [0.2, 0.25) is 0 Å². The largest absolute Gasteiger partial charge is 0.334 e. The number of para-hydroxylation sites is 1. The lowest BCUT2D eigenvalue weighted by molar-refractivity contribution is 0.249. The van der Waals surface area contributed by atoms with Gasteiger partial charge >= 0.3 is 6.03 Å². The maximum Gasteiger partial charge on any atom is 0.319 e. The molecule has 0 bridgehead atoms. The molecule has 0 aromatic heterocycles. The average Bonchev–Trinajstić information content (AvgIpc) is 2.74. The minimum absolute atomic E-state index is 0.207. The topological polar surface area (TPSA) is 53.2 Å². The van der Waals surface area contributed by atoms with Gasteiger partial charge in [0.1, 0.15) is 0 Å². The molecular formula is C11H14ClN3O. The van der Waals surface area contributed by atoms with Crippen molar-refractivity contribution >= 4 is 23.3 Å². The van der Waals surface area contributed by atoms with Gasteiger partial charge in [0, 0.05) is 12.6 Å². The second-order valence-electron chi connectivity index (χ2n) is 3.77. The van der Waals surface area contributed by atoms with Crippen LogP contribution in [-0.4, -0.2) is 25.2 Å². The van der Waals surface area contributed by atoms with Crippen LogP contribution in [0.3, 0.4) is 0 Å². The van der Waals surface area contributed by atoms with Crippen molar-refractivity contribution in [3.8, 4) is 0 Å². The average molecular weight is 240 g/mol. The van der Waals surface area contributed by atoms with Gasteiger partial charge in [-0.2, -0.15) is 0 Å².